The van der Waals surface area contributed by atoms with Gasteiger partial charge in [0.15, 0.2) is 17.7 Å². The minimum absolute atomic E-state index is 0.0237. The van der Waals surface area contributed by atoms with E-state index in [9.17, 15) is 9.90 Å². The molecule has 0 radical (unpaired) electrons. The number of carbonyl (C=O) groups is 1. The Morgan fingerprint density at radius 2 is 1.70 bits per heavy atom. The molecule has 0 bridgehead atoms. The Morgan fingerprint density at radius 3 is 2.38 bits per heavy atom. The van der Waals surface area contributed by atoms with Gasteiger partial charge in [0.2, 0.25) is 5.91 Å². The molecule has 1 unspecified atom stereocenters. The van der Waals surface area contributed by atoms with Gasteiger partial charge in [0.1, 0.15) is 19.8 Å². The fourth-order valence-electron chi connectivity index (χ4n) is 4.79. The first-order valence-electron chi connectivity index (χ1n) is 12.7. The first-order chi connectivity index (χ1) is 17.9. The highest BCUT2D eigenvalue weighted by Gasteiger charge is 2.31. The van der Waals surface area contributed by atoms with Crippen molar-refractivity contribution in [3.05, 3.63) is 82.4 Å². The molecule has 5 rings (SSSR count). The van der Waals surface area contributed by atoms with Gasteiger partial charge in [-0.3, -0.25) is 4.79 Å². The van der Waals surface area contributed by atoms with E-state index in [1.807, 2.05) is 62.4 Å². The minimum Gasteiger partial charge on any atom is -0.486 e. The molecule has 192 valence electrons. The molecule has 1 amide bonds. The summed E-state index contributed by atoms with van der Waals surface area (Å²) >= 11 is 0. The SMILES string of the molecule is CCc1ccc(NCC2=Cc3cc4c(cc3N(CC(=O)Nc3c(C)cccc3C)C2O)OCCO4)cc1. The maximum Gasteiger partial charge on any atom is 0.244 e. The van der Waals surface area contributed by atoms with Crippen LogP contribution in [0.25, 0.3) is 6.08 Å². The average molecular weight is 500 g/mol. The van der Waals surface area contributed by atoms with Crippen molar-refractivity contribution >= 4 is 29.0 Å². The quantitative estimate of drug-likeness (QED) is 0.429. The number of ether oxygens (including phenoxy) is 2. The Labute approximate surface area is 217 Å². The van der Waals surface area contributed by atoms with Crippen molar-refractivity contribution in [2.45, 2.75) is 33.4 Å². The fraction of sp³-hybridized carbons (Fsp3) is 0.300. The van der Waals surface area contributed by atoms with E-state index in [2.05, 4.69) is 29.7 Å². The zero-order valence-corrected chi connectivity index (χ0v) is 21.5. The van der Waals surface area contributed by atoms with E-state index in [4.69, 9.17) is 9.47 Å². The molecular weight excluding hydrogens is 466 g/mol. The summed E-state index contributed by atoms with van der Waals surface area (Å²) < 4.78 is 11.6. The summed E-state index contributed by atoms with van der Waals surface area (Å²) in [7, 11) is 0. The fourth-order valence-corrected chi connectivity index (χ4v) is 4.79. The Balaban J connectivity index is 1.42. The van der Waals surface area contributed by atoms with E-state index in [1.165, 1.54) is 5.56 Å². The number of fused-ring (bicyclic) bond motifs is 2. The number of para-hydroxylation sites is 1. The molecule has 3 N–H and O–H groups in total. The number of aliphatic hydroxyl groups is 1. The van der Waals surface area contributed by atoms with E-state index < -0.39 is 6.23 Å². The van der Waals surface area contributed by atoms with Crippen LogP contribution < -0.4 is 25.0 Å². The van der Waals surface area contributed by atoms with E-state index in [0.29, 0.717) is 31.3 Å². The lowest BCUT2D eigenvalue weighted by molar-refractivity contribution is -0.115. The van der Waals surface area contributed by atoms with Crippen LogP contribution in [0.4, 0.5) is 17.1 Å². The number of hydrogen-bond acceptors (Lipinski definition) is 6. The van der Waals surface area contributed by atoms with Gasteiger partial charge in [-0.15, -0.1) is 0 Å². The predicted octanol–water partition coefficient (Wildman–Crippen LogP) is 4.91. The maximum atomic E-state index is 13.2. The standard InChI is InChI=1S/C30H33N3O4/c1-4-21-8-10-24(11-9-21)31-17-23-14-22-15-26-27(37-13-12-36-26)16-25(22)33(30(23)35)18-28(34)32-29-19(2)6-5-7-20(29)3/h5-11,14-16,30-31,35H,4,12-13,17-18H2,1-3H3,(H,32,34). The van der Waals surface area contributed by atoms with Gasteiger partial charge in [-0.2, -0.15) is 0 Å². The number of nitrogens with zero attached hydrogens (tertiary/aromatic N) is 1. The van der Waals surface area contributed by atoms with Crippen LogP contribution in [0, 0.1) is 13.8 Å². The third kappa shape index (κ3) is 5.27. The van der Waals surface area contributed by atoms with Gasteiger partial charge >= 0.3 is 0 Å². The number of anilines is 3. The summed E-state index contributed by atoms with van der Waals surface area (Å²) in [6, 6.07) is 17.9. The summed E-state index contributed by atoms with van der Waals surface area (Å²) in [5.41, 5.74) is 7.37. The molecule has 7 nitrogen and oxygen atoms in total. The van der Waals surface area contributed by atoms with Gasteiger partial charge in [0.25, 0.3) is 0 Å². The second-order valence-electron chi connectivity index (χ2n) is 9.49. The second kappa shape index (κ2) is 10.6. The lowest BCUT2D eigenvalue weighted by atomic mass is 9.99. The van der Waals surface area contributed by atoms with Gasteiger partial charge in [0, 0.05) is 29.5 Å². The smallest absolute Gasteiger partial charge is 0.244 e. The second-order valence-corrected chi connectivity index (χ2v) is 9.49. The summed E-state index contributed by atoms with van der Waals surface area (Å²) in [5.74, 6) is 1.07. The largest absolute Gasteiger partial charge is 0.486 e. The maximum absolute atomic E-state index is 13.2. The molecule has 0 fully saturated rings. The monoisotopic (exact) mass is 499 g/mol. The Bertz CT molecular complexity index is 1310. The lowest BCUT2D eigenvalue weighted by Gasteiger charge is -2.37. The van der Waals surface area contributed by atoms with Crippen LogP contribution in [0.15, 0.2) is 60.2 Å². The van der Waals surface area contributed by atoms with Gasteiger partial charge in [-0.25, -0.2) is 0 Å². The zero-order chi connectivity index (χ0) is 25.9. The number of rotatable bonds is 7. The highest BCUT2D eigenvalue weighted by atomic mass is 16.6. The molecule has 0 aromatic heterocycles. The summed E-state index contributed by atoms with van der Waals surface area (Å²) in [6.07, 6.45) is 1.96. The van der Waals surface area contributed by atoms with Crippen molar-refractivity contribution in [1.82, 2.24) is 0 Å². The normalized spacial score (nSPS) is 16.1. The highest BCUT2D eigenvalue weighted by Crippen LogP contribution is 2.41. The van der Waals surface area contributed by atoms with Crippen LogP contribution in [0.2, 0.25) is 0 Å². The molecule has 37 heavy (non-hydrogen) atoms. The zero-order valence-electron chi connectivity index (χ0n) is 21.5. The van der Waals surface area contributed by atoms with Gasteiger partial charge in [-0.1, -0.05) is 37.3 Å². The van der Waals surface area contributed by atoms with E-state index in [1.54, 1.807) is 4.90 Å². The molecule has 0 saturated carbocycles. The summed E-state index contributed by atoms with van der Waals surface area (Å²) in [4.78, 5) is 14.9. The lowest BCUT2D eigenvalue weighted by Crippen LogP contribution is -2.45. The number of aliphatic hydroxyl groups excluding tert-OH is 1. The van der Waals surface area contributed by atoms with Crippen LogP contribution in [0.1, 0.15) is 29.2 Å². The molecule has 0 aliphatic carbocycles. The molecule has 3 aromatic carbocycles. The summed E-state index contributed by atoms with van der Waals surface area (Å²) in [6.45, 7) is 7.42. The van der Waals surface area contributed by atoms with Crippen LogP contribution in [-0.2, 0) is 11.2 Å². The third-order valence-electron chi connectivity index (χ3n) is 6.89. The Morgan fingerprint density at radius 1 is 1.03 bits per heavy atom. The van der Waals surface area contributed by atoms with Crippen molar-refractivity contribution in [3.8, 4) is 11.5 Å². The van der Waals surface area contributed by atoms with E-state index in [0.717, 1.165) is 45.7 Å². The molecule has 2 aliphatic heterocycles. The van der Waals surface area contributed by atoms with Crippen LogP contribution in [0.5, 0.6) is 11.5 Å². The first kappa shape index (κ1) is 24.7. The summed E-state index contributed by atoms with van der Waals surface area (Å²) in [5, 5.41) is 17.9. The van der Waals surface area contributed by atoms with E-state index in [-0.39, 0.29) is 12.5 Å². The van der Waals surface area contributed by atoms with Crippen molar-refractivity contribution < 1.29 is 19.4 Å². The first-order valence-corrected chi connectivity index (χ1v) is 12.7. The Hall–Kier alpha value is -3.97. The van der Waals surface area contributed by atoms with Crippen molar-refractivity contribution in [1.29, 1.82) is 0 Å². The predicted molar refractivity (Wildman–Crippen MR) is 148 cm³/mol. The number of aryl methyl sites for hydroxylation is 3. The average Bonchev–Trinajstić information content (AvgIpc) is 2.91. The molecule has 3 aromatic rings. The number of amides is 1. The third-order valence-corrected chi connectivity index (χ3v) is 6.89. The highest BCUT2D eigenvalue weighted by molar-refractivity contribution is 5.96. The molecule has 2 heterocycles. The van der Waals surface area contributed by atoms with Crippen LogP contribution in [-0.4, -0.2) is 43.5 Å². The number of benzene rings is 3. The van der Waals surface area contributed by atoms with Gasteiger partial charge in [-0.05, 0) is 66.8 Å². The number of nitrogens with one attached hydrogen (secondary N) is 2. The van der Waals surface area contributed by atoms with Crippen molar-refractivity contribution in [2.75, 3.05) is 41.8 Å². The number of hydrogen-bond donors (Lipinski definition) is 3. The van der Waals surface area contributed by atoms with Crippen molar-refractivity contribution in [2.24, 2.45) is 0 Å². The molecule has 1 atom stereocenters. The van der Waals surface area contributed by atoms with E-state index >= 15 is 0 Å². The molecule has 0 saturated heterocycles. The van der Waals surface area contributed by atoms with Crippen LogP contribution in [0.3, 0.4) is 0 Å². The van der Waals surface area contributed by atoms with Crippen molar-refractivity contribution in [3.63, 3.8) is 0 Å². The molecule has 0 spiro atoms. The molecule has 2 aliphatic rings. The molecule has 7 heteroatoms. The Kier molecular flexibility index (Phi) is 7.06. The topological polar surface area (TPSA) is 83.1 Å². The minimum atomic E-state index is -0.985. The van der Waals surface area contributed by atoms with Crippen LogP contribution >= 0.6 is 0 Å². The number of carbonyl (C=O) groups excluding carboxylic acids is 1. The van der Waals surface area contributed by atoms with Gasteiger partial charge < -0.3 is 30.1 Å². The van der Waals surface area contributed by atoms with Gasteiger partial charge in [0.05, 0.1) is 5.69 Å². The molecular formula is C30H33N3O4.